The van der Waals surface area contributed by atoms with E-state index in [1.54, 1.807) is 6.07 Å². The van der Waals surface area contributed by atoms with Crippen molar-refractivity contribution in [3.8, 4) is 5.75 Å². The summed E-state index contributed by atoms with van der Waals surface area (Å²) >= 11 is 6.49. The van der Waals surface area contributed by atoms with E-state index >= 15 is 0 Å². The average Bonchev–Trinajstić information content (AvgIpc) is 2.45. The number of halogens is 2. The van der Waals surface area contributed by atoms with Crippen LogP contribution >= 0.6 is 31.9 Å². The molecule has 0 saturated heterocycles. The van der Waals surface area contributed by atoms with Crippen LogP contribution in [0.25, 0.3) is 0 Å². The lowest BCUT2D eigenvalue weighted by Crippen LogP contribution is -2.22. The van der Waals surface area contributed by atoms with Gasteiger partial charge in [0.25, 0.3) is 0 Å². The summed E-state index contributed by atoms with van der Waals surface area (Å²) < 4.78 is 27.1. The molecule has 0 aromatic heterocycles. The monoisotopic (exact) mass is 490 g/mol. The molecule has 1 unspecified atom stereocenters. The smallest absolute Gasteiger partial charge is 0.326 e. The fourth-order valence-corrected chi connectivity index (χ4v) is 5.40. The maximum atomic E-state index is 13.0. The van der Waals surface area contributed by atoms with Crippen molar-refractivity contribution in [1.82, 2.24) is 0 Å². The molecule has 2 N–H and O–H groups in total. The number of carboxylic acid groups (broad SMARTS) is 1. The minimum atomic E-state index is -4.21. The second-order valence-electron chi connectivity index (χ2n) is 5.84. The minimum Gasteiger partial charge on any atom is -0.508 e. The number of rotatable bonds is 5. The van der Waals surface area contributed by atoms with Crippen LogP contribution in [0.1, 0.15) is 36.1 Å². The van der Waals surface area contributed by atoms with Gasteiger partial charge in [-0.25, -0.2) is 8.42 Å². The Bertz CT molecular complexity index is 902. The van der Waals surface area contributed by atoms with E-state index < -0.39 is 21.1 Å². The van der Waals surface area contributed by atoms with Crippen LogP contribution < -0.4 is 0 Å². The number of carboxylic acids is 1. The summed E-state index contributed by atoms with van der Waals surface area (Å²) in [6.07, 6.45) is 0. The minimum absolute atomic E-state index is 0.0222. The zero-order valence-corrected chi connectivity index (χ0v) is 17.4. The number of aromatic hydroxyl groups is 1. The van der Waals surface area contributed by atoms with Crippen LogP contribution in [-0.4, -0.2) is 24.6 Å². The van der Waals surface area contributed by atoms with Gasteiger partial charge in [-0.3, -0.25) is 4.79 Å². The molecule has 8 heteroatoms. The molecule has 0 amide bonds. The Kier molecular flexibility index (Phi) is 5.96. The second-order valence-corrected chi connectivity index (χ2v) is 9.71. The standard InChI is InChI=1S/C17H16Br2O5S/c1-9(2)14-8-13(3-4-15(14)20)25(23,24)16(17(21)22)10-5-11(18)7-12(19)6-10/h3-9,16,20H,1-2H3,(H,21,22). The Morgan fingerprint density at radius 3 is 2.08 bits per heavy atom. The van der Waals surface area contributed by atoms with Gasteiger partial charge in [-0.1, -0.05) is 45.7 Å². The van der Waals surface area contributed by atoms with Crippen LogP contribution in [0.4, 0.5) is 0 Å². The van der Waals surface area contributed by atoms with Crippen LogP contribution in [0.2, 0.25) is 0 Å². The summed E-state index contributed by atoms with van der Waals surface area (Å²) in [6, 6.07) is 8.44. The summed E-state index contributed by atoms with van der Waals surface area (Å²) in [5.74, 6) is -1.60. The fourth-order valence-electron chi connectivity index (χ4n) is 2.49. The zero-order valence-electron chi connectivity index (χ0n) is 13.4. The average molecular weight is 492 g/mol. The van der Waals surface area contributed by atoms with Gasteiger partial charge >= 0.3 is 5.97 Å². The third kappa shape index (κ3) is 4.24. The van der Waals surface area contributed by atoms with E-state index in [0.29, 0.717) is 14.5 Å². The van der Waals surface area contributed by atoms with Crippen molar-refractivity contribution in [2.75, 3.05) is 0 Å². The third-order valence-corrected chi connectivity index (χ3v) is 6.59. The normalized spacial score (nSPS) is 13.0. The maximum Gasteiger partial charge on any atom is 0.326 e. The molecule has 134 valence electrons. The van der Waals surface area contributed by atoms with Crippen LogP contribution in [0.5, 0.6) is 5.75 Å². The van der Waals surface area contributed by atoms with E-state index in [1.165, 1.54) is 30.3 Å². The third-order valence-electron chi connectivity index (χ3n) is 3.67. The molecule has 0 saturated carbocycles. The van der Waals surface area contributed by atoms with Gasteiger partial charge in [-0.15, -0.1) is 0 Å². The number of carbonyl (C=O) groups is 1. The van der Waals surface area contributed by atoms with Crippen molar-refractivity contribution < 1.29 is 23.4 Å². The van der Waals surface area contributed by atoms with Gasteiger partial charge in [0.1, 0.15) is 5.75 Å². The molecule has 0 heterocycles. The van der Waals surface area contributed by atoms with E-state index in [9.17, 15) is 23.4 Å². The van der Waals surface area contributed by atoms with Crippen LogP contribution in [0, 0.1) is 0 Å². The molecule has 2 aromatic carbocycles. The largest absolute Gasteiger partial charge is 0.508 e. The Labute approximate surface area is 162 Å². The summed E-state index contributed by atoms with van der Waals surface area (Å²) in [7, 11) is -4.21. The lowest BCUT2D eigenvalue weighted by atomic mass is 10.0. The van der Waals surface area contributed by atoms with E-state index in [0.717, 1.165) is 0 Å². The first-order chi connectivity index (χ1) is 11.5. The molecule has 5 nitrogen and oxygen atoms in total. The van der Waals surface area contributed by atoms with Crippen molar-refractivity contribution in [2.45, 2.75) is 29.9 Å². The second kappa shape index (κ2) is 7.47. The molecule has 0 aliphatic carbocycles. The first kappa shape index (κ1) is 19.9. The van der Waals surface area contributed by atoms with Crippen LogP contribution in [0.3, 0.4) is 0 Å². The molecule has 0 aliphatic rings. The molecular weight excluding hydrogens is 476 g/mol. The van der Waals surface area contributed by atoms with E-state index in [-0.39, 0.29) is 22.1 Å². The number of benzene rings is 2. The molecule has 25 heavy (non-hydrogen) atoms. The van der Waals surface area contributed by atoms with Crippen molar-refractivity contribution >= 4 is 47.7 Å². The first-order valence-electron chi connectivity index (χ1n) is 7.29. The Hall–Kier alpha value is -1.38. The Morgan fingerprint density at radius 1 is 1.04 bits per heavy atom. The highest BCUT2D eigenvalue weighted by Gasteiger charge is 2.36. The molecular formula is C17H16Br2O5S. The number of hydrogen-bond donors (Lipinski definition) is 2. The molecule has 0 radical (unpaired) electrons. The van der Waals surface area contributed by atoms with Crippen molar-refractivity contribution in [1.29, 1.82) is 0 Å². The highest BCUT2D eigenvalue weighted by Crippen LogP contribution is 2.35. The predicted octanol–water partition coefficient (Wildman–Crippen LogP) is 4.64. The van der Waals surface area contributed by atoms with E-state index in [1.807, 2.05) is 13.8 Å². The maximum absolute atomic E-state index is 13.0. The zero-order chi connectivity index (χ0) is 18.9. The molecule has 0 fully saturated rings. The van der Waals surface area contributed by atoms with Crippen LogP contribution in [0.15, 0.2) is 50.2 Å². The molecule has 2 rings (SSSR count). The van der Waals surface area contributed by atoms with E-state index in [2.05, 4.69) is 31.9 Å². The lowest BCUT2D eigenvalue weighted by molar-refractivity contribution is -0.136. The lowest BCUT2D eigenvalue weighted by Gasteiger charge is -2.17. The quantitative estimate of drug-likeness (QED) is 0.635. The highest BCUT2D eigenvalue weighted by molar-refractivity contribution is 9.11. The Balaban J connectivity index is 2.65. The number of sulfone groups is 1. The number of phenols is 1. The van der Waals surface area contributed by atoms with Gasteiger partial charge in [0.05, 0.1) is 4.90 Å². The first-order valence-corrected chi connectivity index (χ1v) is 10.4. The molecule has 0 aliphatic heterocycles. The predicted molar refractivity (Wildman–Crippen MR) is 102 cm³/mol. The topological polar surface area (TPSA) is 91.7 Å². The van der Waals surface area contributed by atoms with Gasteiger partial charge in [-0.2, -0.15) is 0 Å². The Morgan fingerprint density at radius 2 is 1.60 bits per heavy atom. The summed E-state index contributed by atoms with van der Waals surface area (Å²) in [5.41, 5.74) is 0.577. The number of hydrogen-bond acceptors (Lipinski definition) is 4. The summed E-state index contributed by atoms with van der Waals surface area (Å²) in [6.45, 7) is 3.62. The van der Waals surface area contributed by atoms with Gasteiger partial charge in [0.2, 0.25) is 0 Å². The molecule has 0 spiro atoms. The van der Waals surface area contributed by atoms with Gasteiger partial charge in [0.15, 0.2) is 15.1 Å². The summed E-state index contributed by atoms with van der Waals surface area (Å²) in [4.78, 5) is 11.6. The molecule has 2 aromatic rings. The van der Waals surface area contributed by atoms with Gasteiger partial charge in [-0.05, 0) is 53.4 Å². The van der Waals surface area contributed by atoms with Gasteiger partial charge < -0.3 is 10.2 Å². The SMILES string of the molecule is CC(C)c1cc(S(=O)(=O)C(C(=O)O)c2cc(Br)cc(Br)c2)ccc1O. The molecule has 0 bridgehead atoms. The highest BCUT2D eigenvalue weighted by atomic mass is 79.9. The van der Waals surface area contributed by atoms with Crippen molar-refractivity contribution in [2.24, 2.45) is 0 Å². The van der Waals surface area contributed by atoms with Gasteiger partial charge in [0, 0.05) is 8.95 Å². The number of phenolic OH excluding ortho intramolecular Hbond substituents is 1. The molecule has 1 atom stereocenters. The van der Waals surface area contributed by atoms with Crippen molar-refractivity contribution in [3.05, 3.63) is 56.5 Å². The fraction of sp³-hybridized carbons (Fsp3) is 0.235. The van der Waals surface area contributed by atoms with Crippen LogP contribution in [-0.2, 0) is 14.6 Å². The number of aliphatic carboxylic acids is 1. The van der Waals surface area contributed by atoms with Crippen molar-refractivity contribution in [3.63, 3.8) is 0 Å². The summed E-state index contributed by atoms with van der Waals surface area (Å²) in [5, 5.41) is 17.7. The van der Waals surface area contributed by atoms with E-state index in [4.69, 9.17) is 0 Å².